The van der Waals surface area contributed by atoms with Crippen molar-refractivity contribution in [2.24, 2.45) is 0 Å². The van der Waals surface area contributed by atoms with Crippen molar-refractivity contribution in [1.82, 2.24) is 9.97 Å². The minimum absolute atomic E-state index is 0.00793. The standard InChI is InChI=1S/C21H19N3O2S/c1-26-17-12-11-15(14-6-5-13-22-21(14)17)23-19(25)9-4-10-20-24-16-7-2-3-8-18(16)27-20/h2-3,5-8,11-13H,4,9-10H2,1H3,(H,23,25). The lowest BCUT2D eigenvalue weighted by atomic mass is 10.1. The first-order valence-electron chi connectivity index (χ1n) is 8.80. The average molecular weight is 377 g/mol. The number of pyridine rings is 1. The molecule has 0 unspecified atom stereocenters. The van der Waals surface area contributed by atoms with Crippen LogP contribution in [0, 0.1) is 0 Å². The lowest BCUT2D eigenvalue weighted by Gasteiger charge is -2.10. The highest BCUT2D eigenvalue weighted by molar-refractivity contribution is 7.18. The number of methoxy groups -OCH3 is 1. The summed E-state index contributed by atoms with van der Waals surface area (Å²) in [6.07, 6.45) is 3.73. The number of hydrogen-bond acceptors (Lipinski definition) is 5. The summed E-state index contributed by atoms with van der Waals surface area (Å²) in [7, 11) is 1.61. The maximum atomic E-state index is 12.4. The zero-order valence-electron chi connectivity index (χ0n) is 14.9. The molecular formula is C21H19N3O2S. The van der Waals surface area contributed by atoms with Crippen molar-refractivity contribution in [2.75, 3.05) is 12.4 Å². The predicted octanol–water partition coefficient (Wildman–Crippen LogP) is 4.81. The van der Waals surface area contributed by atoms with E-state index in [2.05, 4.69) is 21.4 Å². The van der Waals surface area contributed by atoms with Crippen molar-refractivity contribution < 1.29 is 9.53 Å². The van der Waals surface area contributed by atoms with Crippen LogP contribution in [0.2, 0.25) is 0 Å². The number of hydrogen-bond donors (Lipinski definition) is 1. The smallest absolute Gasteiger partial charge is 0.224 e. The zero-order valence-corrected chi connectivity index (χ0v) is 15.8. The van der Waals surface area contributed by atoms with Gasteiger partial charge in [0.25, 0.3) is 0 Å². The van der Waals surface area contributed by atoms with Gasteiger partial charge in [-0.15, -0.1) is 11.3 Å². The molecule has 0 aliphatic heterocycles. The van der Waals surface area contributed by atoms with Gasteiger partial charge in [0.05, 0.1) is 28.0 Å². The van der Waals surface area contributed by atoms with E-state index >= 15 is 0 Å². The number of carbonyl (C=O) groups is 1. The molecule has 2 aromatic heterocycles. The van der Waals surface area contributed by atoms with Crippen LogP contribution < -0.4 is 10.1 Å². The van der Waals surface area contributed by atoms with Gasteiger partial charge in [-0.05, 0) is 49.2 Å². The van der Waals surface area contributed by atoms with Crippen LogP contribution in [0.5, 0.6) is 5.75 Å². The molecule has 1 N–H and O–H groups in total. The Bertz CT molecular complexity index is 1070. The molecule has 2 aromatic carbocycles. The number of nitrogens with zero attached hydrogens (tertiary/aromatic N) is 2. The molecule has 4 rings (SSSR count). The van der Waals surface area contributed by atoms with Crippen LogP contribution in [0.3, 0.4) is 0 Å². The summed E-state index contributed by atoms with van der Waals surface area (Å²) < 4.78 is 6.53. The maximum Gasteiger partial charge on any atom is 0.224 e. The molecule has 0 bridgehead atoms. The molecule has 27 heavy (non-hydrogen) atoms. The third-order valence-electron chi connectivity index (χ3n) is 4.36. The number of aromatic nitrogens is 2. The van der Waals surface area contributed by atoms with Gasteiger partial charge in [-0.3, -0.25) is 9.78 Å². The Kier molecular flexibility index (Phi) is 4.98. The fourth-order valence-corrected chi connectivity index (χ4v) is 4.07. The molecule has 2 heterocycles. The molecule has 1 amide bonds. The highest BCUT2D eigenvalue weighted by atomic mass is 32.1. The molecule has 0 radical (unpaired) electrons. The van der Waals surface area contributed by atoms with Gasteiger partial charge < -0.3 is 10.1 Å². The second-order valence-electron chi connectivity index (χ2n) is 6.19. The van der Waals surface area contributed by atoms with E-state index in [1.807, 2.05) is 42.5 Å². The largest absolute Gasteiger partial charge is 0.494 e. The molecule has 0 aliphatic rings. The molecule has 4 aromatic rings. The van der Waals surface area contributed by atoms with Crippen LogP contribution in [0.4, 0.5) is 5.69 Å². The quantitative estimate of drug-likeness (QED) is 0.523. The molecule has 0 saturated carbocycles. The van der Waals surface area contributed by atoms with Crippen molar-refractivity contribution in [2.45, 2.75) is 19.3 Å². The van der Waals surface area contributed by atoms with Crippen LogP contribution >= 0.6 is 11.3 Å². The summed E-state index contributed by atoms with van der Waals surface area (Å²) in [5.74, 6) is 0.686. The van der Waals surface area contributed by atoms with E-state index in [0.717, 1.165) is 40.0 Å². The first-order valence-corrected chi connectivity index (χ1v) is 9.62. The Morgan fingerprint density at radius 3 is 2.89 bits per heavy atom. The number of ether oxygens (including phenoxy) is 1. The van der Waals surface area contributed by atoms with Crippen molar-refractivity contribution in [3.63, 3.8) is 0 Å². The third-order valence-corrected chi connectivity index (χ3v) is 5.46. The summed E-state index contributed by atoms with van der Waals surface area (Å²) in [5.41, 5.74) is 2.52. The number of benzene rings is 2. The Hall–Kier alpha value is -2.99. The summed E-state index contributed by atoms with van der Waals surface area (Å²) in [5, 5.41) is 4.94. The van der Waals surface area contributed by atoms with E-state index in [4.69, 9.17) is 4.74 Å². The normalized spacial score (nSPS) is 11.0. The highest BCUT2D eigenvalue weighted by Crippen LogP contribution is 2.30. The van der Waals surface area contributed by atoms with Crippen LogP contribution in [0.25, 0.3) is 21.1 Å². The first kappa shape index (κ1) is 17.4. The van der Waals surface area contributed by atoms with Gasteiger partial charge >= 0.3 is 0 Å². The highest BCUT2D eigenvalue weighted by Gasteiger charge is 2.10. The van der Waals surface area contributed by atoms with Crippen LogP contribution in [-0.4, -0.2) is 23.0 Å². The summed E-state index contributed by atoms with van der Waals surface area (Å²) in [4.78, 5) is 21.4. The second-order valence-corrected chi connectivity index (χ2v) is 7.31. The molecule has 0 spiro atoms. The topological polar surface area (TPSA) is 64.1 Å². The lowest BCUT2D eigenvalue weighted by Crippen LogP contribution is -2.12. The molecule has 0 aliphatic carbocycles. The zero-order chi connectivity index (χ0) is 18.6. The number of nitrogens with one attached hydrogen (secondary N) is 1. The predicted molar refractivity (Wildman–Crippen MR) is 109 cm³/mol. The van der Waals surface area contributed by atoms with Crippen LogP contribution in [0.15, 0.2) is 54.7 Å². The summed E-state index contributed by atoms with van der Waals surface area (Å²) in [6.45, 7) is 0. The van der Waals surface area contributed by atoms with Gasteiger partial charge in [0.15, 0.2) is 0 Å². The SMILES string of the molecule is COc1ccc(NC(=O)CCCc2nc3ccccc3s2)c2cccnc12. The van der Waals surface area contributed by atoms with Gasteiger partial charge in [0, 0.05) is 18.0 Å². The lowest BCUT2D eigenvalue weighted by molar-refractivity contribution is -0.116. The van der Waals surface area contributed by atoms with Crippen LogP contribution in [0.1, 0.15) is 17.8 Å². The van der Waals surface area contributed by atoms with E-state index in [9.17, 15) is 4.79 Å². The van der Waals surface area contributed by atoms with Gasteiger partial charge in [-0.2, -0.15) is 0 Å². The fraction of sp³-hybridized carbons (Fsp3) is 0.190. The van der Waals surface area contributed by atoms with Crippen LogP contribution in [-0.2, 0) is 11.2 Å². The second kappa shape index (κ2) is 7.72. The molecule has 0 fully saturated rings. The Morgan fingerprint density at radius 2 is 2.04 bits per heavy atom. The monoisotopic (exact) mass is 377 g/mol. The van der Waals surface area contributed by atoms with Gasteiger partial charge in [0.2, 0.25) is 5.91 Å². The molecule has 0 atom stereocenters. The number of para-hydroxylation sites is 1. The fourth-order valence-electron chi connectivity index (χ4n) is 3.06. The number of amides is 1. The van der Waals surface area contributed by atoms with Crippen molar-refractivity contribution >= 4 is 44.1 Å². The maximum absolute atomic E-state index is 12.4. The number of fused-ring (bicyclic) bond motifs is 2. The Balaban J connectivity index is 1.40. The molecule has 136 valence electrons. The van der Waals surface area contributed by atoms with E-state index in [-0.39, 0.29) is 5.91 Å². The first-order chi connectivity index (χ1) is 13.2. The van der Waals surface area contributed by atoms with E-state index in [0.29, 0.717) is 12.2 Å². The van der Waals surface area contributed by atoms with E-state index < -0.39 is 0 Å². The number of aryl methyl sites for hydroxylation is 1. The van der Waals surface area contributed by atoms with Crippen molar-refractivity contribution in [3.8, 4) is 5.75 Å². The Morgan fingerprint density at radius 1 is 1.15 bits per heavy atom. The third kappa shape index (κ3) is 3.75. The average Bonchev–Trinajstić information content (AvgIpc) is 3.11. The van der Waals surface area contributed by atoms with E-state index in [1.165, 1.54) is 4.70 Å². The number of thiazole rings is 1. The summed E-state index contributed by atoms with van der Waals surface area (Å²) in [6, 6.07) is 15.6. The number of anilines is 1. The van der Waals surface area contributed by atoms with Crippen molar-refractivity contribution in [1.29, 1.82) is 0 Å². The number of carbonyl (C=O) groups excluding carboxylic acids is 1. The molecular weight excluding hydrogens is 358 g/mol. The molecule has 5 nitrogen and oxygen atoms in total. The minimum atomic E-state index is -0.00793. The summed E-state index contributed by atoms with van der Waals surface area (Å²) >= 11 is 1.69. The molecule has 0 saturated heterocycles. The van der Waals surface area contributed by atoms with Gasteiger partial charge in [-0.1, -0.05) is 12.1 Å². The minimum Gasteiger partial charge on any atom is -0.494 e. The Labute approximate surface area is 161 Å². The van der Waals surface area contributed by atoms with Gasteiger partial charge in [-0.25, -0.2) is 4.98 Å². The van der Waals surface area contributed by atoms with Gasteiger partial charge in [0.1, 0.15) is 11.3 Å². The van der Waals surface area contributed by atoms with Crippen molar-refractivity contribution in [3.05, 3.63) is 59.7 Å². The molecule has 6 heteroatoms. The number of rotatable bonds is 6. The van der Waals surface area contributed by atoms with E-state index in [1.54, 1.807) is 24.6 Å².